The summed E-state index contributed by atoms with van der Waals surface area (Å²) < 4.78 is 18.4. The molecule has 0 aliphatic heterocycles. The SMILES string of the molecule is CCCCCCOc1ccc(-c2nc3sc(=Cc4cc(OC)ccc4OC)c(=O)n3n2)cc1. The number of unbranched alkanes of at least 4 members (excludes halogenated alkanes) is 3. The van der Waals surface area contributed by atoms with Crippen molar-refractivity contribution in [2.45, 2.75) is 32.6 Å². The number of fused-ring (bicyclic) bond motifs is 1. The fraction of sp³-hybridized carbons (Fsp3) is 0.320. The first-order valence-corrected chi connectivity index (χ1v) is 11.8. The van der Waals surface area contributed by atoms with Gasteiger partial charge in [0.1, 0.15) is 17.2 Å². The minimum Gasteiger partial charge on any atom is -0.497 e. The summed E-state index contributed by atoms with van der Waals surface area (Å²) in [5.74, 6) is 2.68. The van der Waals surface area contributed by atoms with E-state index >= 15 is 0 Å². The zero-order valence-corrected chi connectivity index (χ0v) is 19.9. The molecule has 0 bridgehead atoms. The van der Waals surface area contributed by atoms with Crippen LogP contribution in [0.3, 0.4) is 0 Å². The number of benzene rings is 2. The van der Waals surface area contributed by atoms with Crippen molar-refractivity contribution >= 4 is 22.4 Å². The second kappa shape index (κ2) is 10.5. The van der Waals surface area contributed by atoms with Crippen molar-refractivity contribution in [3.8, 4) is 28.6 Å². The van der Waals surface area contributed by atoms with Crippen molar-refractivity contribution in [1.29, 1.82) is 0 Å². The lowest BCUT2D eigenvalue weighted by Crippen LogP contribution is -2.23. The maximum atomic E-state index is 12.9. The van der Waals surface area contributed by atoms with Crippen molar-refractivity contribution in [2.24, 2.45) is 0 Å². The van der Waals surface area contributed by atoms with Gasteiger partial charge in [-0.3, -0.25) is 4.79 Å². The van der Waals surface area contributed by atoms with Gasteiger partial charge in [-0.15, -0.1) is 5.10 Å². The number of aromatic nitrogens is 3. The third-order valence-electron chi connectivity index (χ3n) is 5.28. The largest absolute Gasteiger partial charge is 0.497 e. The summed E-state index contributed by atoms with van der Waals surface area (Å²) in [4.78, 5) is 18.0. The van der Waals surface area contributed by atoms with Crippen LogP contribution in [0.15, 0.2) is 47.3 Å². The first kappa shape index (κ1) is 22.8. The predicted octanol–water partition coefficient (Wildman–Crippen LogP) is 4.34. The van der Waals surface area contributed by atoms with E-state index < -0.39 is 0 Å². The topological polar surface area (TPSA) is 75.0 Å². The molecular formula is C25H27N3O4S. The highest BCUT2D eigenvalue weighted by Crippen LogP contribution is 2.25. The van der Waals surface area contributed by atoms with Gasteiger partial charge in [0.25, 0.3) is 5.56 Å². The maximum absolute atomic E-state index is 12.9. The molecule has 0 spiro atoms. The molecule has 8 heteroatoms. The normalized spacial score (nSPS) is 11.8. The van der Waals surface area contributed by atoms with Gasteiger partial charge >= 0.3 is 0 Å². The van der Waals surface area contributed by atoms with Gasteiger partial charge in [-0.05, 0) is 55.0 Å². The van der Waals surface area contributed by atoms with E-state index in [4.69, 9.17) is 14.2 Å². The van der Waals surface area contributed by atoms with Crippen molar-refractivity contribution < 1.29 is 14.2 Å². The van der Waals surface area contributed by atoms with E-state index in [9.17, 15) is 4.79 Å². The summed E-state index contributed by atoms with van der Waals surface area (Å²) in [5.41, 5.74) is 1.37. The number of thiazole rings is 1. The van der Waals surface area contributed by atoms with Crippen LogP contribution in [0, 0.1) is 0 Å². The first-order chi connectivity index (χ1) is 16.1. The van der Waals surface area contributed by atoms with Crippen molar-refractivity contribution in [2.75, 3.05) is 20.8 Å². The number of methoxy groups -OCH3 is 2. The fourth-order valence-electron chi connectivity index (χ4n) is 3.47. The molecule has 4 aromatic rings. The highest BCUT2D eigenvalue weighted by atomic mass is 32.1. The van der Waals surface area contributed by atoms with Gasteiger partial charge in [0, 0.05) is 11.1 Å². The minimum absolute atomic E-state index is 0.217. The van der Waals surface area contributed by atoms with Crippen LogP contribution in [-0.4, -0.2) is 35.4 Å². The summed E-state index contributed by atoms with van der Waals surface area (Å²) in [6.07, 6.45) is 6.47. The fourth-order valence-corrected chi connectivity index (χ4v) is 4.37. The Kier molecular flexibility index (Phi) is 7.24. The van der Waals surface area contributed by atoms with E-state index in [0.717, 1.165) is 23.3 Å². The number of hydrogen-bond donors (Lipinski definition) is 0. The Morgan fingerprint density at radius 2 is 1.79 bits per heavy atom. The van der Waals surface area contributed by atoms with Crippen LogP contribution >= 0.6 is 11.3 Å². The standard InChI is InChI=1S/C25H27N3O4S/c1-4-5-6-7-14-32-19-10-8-17(9-11-19)23-26-25-28(27-23)24(29)22(33-25)16-18-15-20(30-2)12-13-21(18)31-3/h8-13,15-16H,4-7,14H2,1-3H3. The van der Waals surface area contributed by atoms with Gasteiger partial charge in [0.05, 0.1) is 25.4 Å². The van der Waals surface area contributed by atoms with Crippen LogP contribution < -0.4 is 24.3 Å². The Balaban J connectivity index is 1.55. The Bertz CT molecular complexity index is 1330. The van der Waals surface area contributed by atoms with E-state index in [1.807, 2.05) is 42.5 Å². The van der Waals surface area contributed by atoms with E-state index in [1.54, 1.807) is 20.3 Å². The van der Waals surface area contributed by atoms with Crippen LogP contribution in [0.5, 0.6) is 17.2 Å². The molecule has 0 aliphatic carbocycles. The van der Waals surface area contributed by atoms with E-state index in [2.05, 4.69) is 17.0 Å². The number of rotatable bonds is 10. The third kappa shape index (κ3) is 5.17. The minimum atomic E-state index is -0.217. The lowest BCUT2D eigenvalue weighted by Gasteiger charge is -2.06. The van der Waals surface area contributed by atoms with Gasteiger partial charge < -0.3 is 14.2 Å². The number of hydrogen-bond acceptors (Lipinski definition) is 7. The van der Waals surface area contributed by atoms with Crippen LogP contribution in [-0.2, 0) is 0 Å². The van der Waals surface area contributed by atoms with Crippen LogP contribution in [0.25, 0.3) is 22.4 Å². The quantitative estimate of drug-likeness (QED) is 0.324. The van der Waals surface area contributed by atoms with Crippen molar-refractivity contribution in [3.63, 3.8) is 0 Å². The van der Waals surface area contributed by atoms with Crippen molar-refractivity contribution in [1.82, 2.24) is 14.6 Å². The maximum Gasteiger partial charge on any atom is 0.291 e. The van der Waals surface area contributed by atoms with Crippen LogP contribution in [0.2, 0.25) is 0 Å². The molecule has 0 radical (unpaired) electrons. The lowest BCUT2D eigenvalue weighted by molar-refractivity contribution is 0.305. The predicted molar refractivity (Wildman–Crippen MR) is 131 cm³/mol. The average molecular weight is 466 g/mol. The highest BCUT2D eigenvalue weighted by molar-refractivity contribution is 7.15. The summed E-state index contributed by atoms with van der Waals surface area (Å²) in [5, 5.41) is 4.43. The summed E-state index contributed by atoms with van der Waals surface area (Å²) in [6.45, 7) is 2.91. The second-order valence-electron chi connectivity index (χ2n) is 7.59. The van der Waals surface area contributed by atoms with Gasteiger partial charge in [0.2, 0.25) is 4.96 Å². The third-order valence-corrected chi connectivity index (χ3v) is 6.24. The zero-order chi connectivity index (χ0) is 23.2. The molecule has 0 saturated carbocycles. The molecule has 2 heterocycles. The molecule has 2 aromatic heterocycles. The van der Waals surface area contributed by atoms with Gasteiger partial charge in [-0.25, -0.2) is 0 Å². The lowest BCUT2D eigenvalue weighted by atomic mass is 10.2. The molecule has 0 N–H and O–H groups in total. The van der Waals surface area contributed by atoms with E-state index in [-0.39, 0.29) is 5.56 Å². The van der Waals surface area contributed by atoms with Crippen LogP contribution in [0.1, 0.15) is 38.2 Å². The van der Waals surface area contributed by atoms with Crippen molar-refractivity contribution in [3.05, 3.63) is 62.9 Å². The molecule has 0 fully saturated rings. The molecule has 0 amide bonds. The van der Waals surface area contributed by atoms with Gasteiger partial charge in [0.15, 0.2) is 5.82 Å². The smallest absolute Gasteiger partial charge is 0.291 e. The molecule has 0 aliphatic rings. The van der Waals surface area contributed by atoms with Gasteiger partial charge in [-0.1, -0.05) is 37.5 Å². The first-order valence-electron chi connectivity index (χ1n) is 11.0. The number of nitrogens with zero attached hydrogens (tertiary/aromatic N) is 3. The highest BCUT2D eigenvalue weighted by Gasteiger charge is 2.13. The molecule has 4 rings (SSSR count). The Labute approximate surface area is 196 Å². The molecule has 33 heavy (non-hydrogen) atoms. The molecule has 2 aromatic carbocycles. The van der Waals surface area contributed by atoms with Crippen LogP contribution in [0.4, 0.5) is 0 Å². The second-order valence-corrected chi connectivity index (χ2v) is 8.60. The molecule has 7 nitrogen and oxygen atoms in total. The summed E-state index contributed by atoms with van der Waals surface area (Å²) in [6, 6.07) is 13.1. The molecule has 0 atom stereocenters. The molecule has 0 saturated heterocycles. The summed E-state index contributed by atoms with van der Waals surface area (Å²) >= 11 is 1.29. The van der Waals surface area contributed by atoms with E-state index in [0.29, 0.717) is 33.4 Å². The zero-order valence-electron chi connectivity index (χ0n) is 19.0. The Morgan fingerprint density at radius 3 is 2.48 bits per heavy atom. The molecule has 172 valence electrons. The molecular weight excluding hydrogens is 438 g/mol. The molecule has 0 unspecified atom stereocenters. The monoisotopic (exact) mass is 465 g/mol. The number of ether oxygens (including phenoxy) is 3. The Morgan fingerprint density at radius 1 is 1.00 bits per heavy atom. The average Bonchev–Trinajstić information content (AvgIpc) is 3.38. The summed E-state index contributed by atoms with van der Waals surface area (Å²) in [7, 11) is 3.19. The van der Waals surface area contributed by atoms with Gasteiger partial charge in [-0.2, -0.15) is 9.50 Å². The van der Waals surface area contributed by atoms with E-state index in [1.165, 1.54) is 35.1 Å². The Hall–Kier alpha value is -3.39.